The maximum absolute atomic E-state index is 12.9. The van der Waals surface area contributed by atoms with E-state index in [1.165, 1.54) is 17.3 Å². The van der Waals surface area contributed by atoms with Crippen molar-refractivity contribution in [2.45, 2.75) is 37.1 Å². The first kappa shape index (κ1) is 14.6. The highest BCUT2D eigenvalue weighted by Crippen LogP contribution is 2.29. The van der Waals surface area contributed by atoms with Gasteiger partial charge in [0.05, 0.1) is 17.8 Å². The molecular weight excluding hydrogens is 310 g/mol. The second kappa shape index (κ2) is 5.43. The third kappa shape index (κ3) is 2.47. The quantitative estimate of drug-likeness (QED) is 0.860. The minimum absolute atomic E-state index is 0.109. The van der Waals surface area contributed by atoms with Gasteiger partial charge in [0, 0.05) is 6.54 Å². The molecule has 112 valence electrons. The Labute approximate surface area is 127 Å². The maximum atomic E-state index is 12.9. The van der Waals surface area contributed by atoms with Gasteiger partial charge in [0.1, 0.15) is 21.7 Å². The maximum Gasteiger partial charge on any atom is 0.246 e. The van der Waals surface area contributed by atoms with Crippen molar-refractivity contribution in [2.24, 2.45) is 0 Å². The summed E-state index contributed by atoms with van der Waals surface area (Å²) in [5, 5.41) is 0. The first-order chi connectivity index (χ1) is 10.0. The van der Waals surface area contributed by atoms with Crippen molar-refractivity contribution in [3.8, 4) is 0 Å². The Morgan fingerprint density at radius 1 is 1.33 bits per heavy atom. The van der Waals surface area contributed by atoms with Gasteiger partial charge in [-0.15, -0.1) is 0 Å². The monoisotopic (exact) mass is 325 g/mol. The number of nitrogens with zero attached hydrogens (tertiary/aromatic N) is 3. The number of aromatic nitrogens is 2. The molecule has 0 aliphatic carbocycles. The number of carbonyl (C=O) groups excluding carboxylic acids is 1. The van der Waals surface area contributed by atoms with Crippen molar-refractivity contribution in [1.82, 2.24) is 13.1 Å². The molecule has 2 aromatic rings. The van der Waals surface area contributed by atoms with Gasteiger partial charge < -0.3 is 0 Å². The van der Waals surface area contributed by atoms with Crippen LogP contribution in [-0.2, 0) is 14.8 Å². The van der Waals surface area contributed by atoms with Crippen molar-refractivity contribution in [3.63, 3.8) is 0 Å². The van der Waals surface area contributed by atoms with E-state index in [2.05, 4.69) is 8.75 Å². The van der Waals surface area contributed by atoms with E-state index in [9.17, 15) is 13.2 Å². The van der Waals surface area contributed by atoms with Crippen molar-refractivity contribution in [3.05, 3.63) is 18.2 Å². The van der Waals surface area contributed by atoms with Gasteiger partial charge in [0.15, 0.2) is 0 Å². The number of ketones is 1. The highest BCUT2D eigenvalue weighted by Gasteiger charge is 2.37. The van der Waals surface area contributed by atoms with E-state index < -0.39 is 16.1 Å². The Bertz CT molecular complexity index is 785. The van der Waals surface area contributed by atoms with Crippen LogP contribution < -0.4 is 0 Å². The molecule has 6 nitrogen and oxygen atoms in total. The van der Waals surface area contributed by atoms with E-state index in [4.69, 9.17) is 0 Å². The molecule has 1 fully saturated rings. The van der Waals surface area contributed by atoms with Crippen LogP contribution in [-0.4, -0.2) is 39.8 Å². The Morgan fingerprint density at radius 3 is 2.90 bits per heavy atom. The standard InChI is InChI=1S/C13H15N3O3S2/c1-9(17)11-6-2-3-8-16(11)21(18,19)12-7-4-5-10-13(12)15-20-14-10/h4-5,7,11H,2-3,6,8H2,1H3. The molecule has 1 aromatic heterocycles. The van der Waals surface area contributed by atoms with Crippen molar-refractivity contribution in [1.29, 1.82) is 0 Å². The van der Waals surface area contributed by atoms with Crippen LogP contribution in [0.4, 0.5) is 0 Å². The van der Waals surface area contributed by atoms with Gasteiger partial charge in [-0.2, -0.15) is 13.1 Å². The van der Waals surface area contributed by atoms with Crippen molar-refractivity contribution >= 4 is 38.6 Å². The van der Waals surface area contributed by atoms with Crippen LogP contribution in [0, 0.1) is 0 Å². The highest BCUT2D eigenvalue weighted by atomic mass is 32.2. The smallest absolute Gasteiger partial charge is 0.246 e. The summed E-state index contributed by atoms with van der Waals surface area (Å²) in [5.41, 5.74) is 0.952. The zero-order chi connectivity index (χ0) is 15.0. The summed E-state index contributed by atoms with van der Waals surface area (Å²) in [7, 11) is -3.74. The average Bonchev–Trinajstić information content (AvgIpc) is 2.95. The molecule has 0 saturated carbocycles. The van der Waals surface area contributed by atoms with Gasteiger partial charge in [-0.3, -0.25) is 4.79 Å². The molecule has 3 rings (SSSR count). The largest absolute Gasteiger partial charge is 0.298 e. The van der Waals surface area contributed by atoms with Crippen molar-refractivity contribution in [2.75, 3.05) is 6.54 Å². The van der Waals surface area contributed by atoms with Crippen LogP contribution >= 0.6 is 11.7 Å². The number of carbonyl (C=O) groups is 1. The number of piperidine rings is 1. The summed E-state index contributed by atoms with van der Waals surface area (Å²) < 4.78 is 35.3. The molecule has 2 heterocycles. The topological polar surface area (TPSA) is 80.2 Å². The fourth-order valence-corrected chi connectivity index (χ4v) is 5.18. The highest BCUT2D eigenvalue weighted by molar-refractivity contribution is 7.89. The summed E-state index contributed by atoms with van der Waals surface area (Å²) in [6.45, 7) is 1.82. The molecule has 0 spiro atoms. The molecule has 1 aliphatic heterocycles. The molecule has 1 saturated heterocycles. The van der Waals surface area contributed by atoms with E-state index in [0.717, 1.165) is 24.6 Å². The molecule has 1 atom stereocenters. The minimum Gasteiger partial charge on any atom is -0.298 e. The molecule has 1 aliphatic rings. The number of sulfonamides is 1. The van der Waals surface area contributed by atoms with Gasteiger partial charge in [-0.05, 0) is 31.9 Å². The summed E-state index contributed by atoms with van der Waals surface area (Å²) in [6, 6.07) is 4.36. The SMILES string of the molecule is CC(=O)C1CCCCN1S(=O)(=O)c1cccc2nsnc12. The molecule has 0 N–H and O–H groups in total. The van der Waals surface area contributed by atoms with E-state index in [1.54, 1.807) is 12.1 Å². The lowest BCUT2D eigenvalue weighted by molar-refractivity contribution is -0.121. The van der Waals surface area contributed by atoms with Crippen LogP contribution in [0.5, 0.6) is 0 Å². The molecule has 0 amide bonds. The predicted octanol–water partition coefficient (Wildman–Crippen LogP) is 1.82. The number of hydrogen-bond donors (Lipinski definition) is 0. The summed E-state index contributed by atoms with van der Waals surface area (Å²) >= 11 is 0.987. The zero-order valence-electron chi connectivity index (χ0n) is 11.5. The lowest BCUT2D eigenvalue weighted by Crippen LogP contribution is -2.47. The number of Topliss-reactive ketones (excluding diaryl/α,β-unsaturated/α-hetero) is 1. The van der Waals surface area contributed by atoms with Gasteiger partial charge in [-0.1, -0.05) is 12.5 Å². The van der Waals surface area contributed by atoms with Crippen LogP contribution in [0.1, 0.15) is 26.2 Å². The summed E-state index contributed by atoms with van der Waals surface area (Å²) in [6.07, 6.45) is 2.23. The predicted molar refractivity (Wildman–Crippen MR) is 79.6 cm³/mol. The number of hydrogen-bond acceptors (Lipinski definition) is 6. The van der Waals surface area contributed by atoms with Crippen molar-refractivity contribution < 1.29 is 13.2 Å². The number of fused-ring (bicyclic) bond motifs is 1. The van der Waals surface area contributed by atoms with Gasteiger partial charge in [0.2, 0.25) is 10.0 Å². The summed E-state index contributed by atoms with van der Waals surface area (Å²) in [5.74, 6) is -0.109. The Kier molecular flexibility index (Phi) is 3.76. The molecule has 21 heavy (non-hydrogen) atoms. The van der Waals surface area contributed by atoms with Crippen LogP contribution in [0.2, 0.25) is 0 Å². The third-order valence-corrected chi connectivity index (χ3v) is 6.24. The Hall–Kier alpha value is -1.38. The molecular formula is C13H15N3O3S2. The molecule has 1 aromatic carbocycles. The average molecular weight is 325 g/mol. The minimum atomic E-state index is -3.74. The Balaban J connectivity index is 2.11. The second-order valence-corrected chi connectivity index (χ2v) is 7.51. The number of rotatable bonds is 3. The lowest BCUT2D eigenvalue weighted by atomic mass is 10.0. The van der Waals surface area contributed by atoms with E-state index >= 15 is 0 Å². The zero-order valence-corrected chi connectivity index (χ0v) is 13.2. The van der Waals surface area contributed by atoms with E-state index in [0.29, 0.717) is 24.0 Å². The van der Waals surface area contributed by atoms with Crippen LogP contribution in [0.3, 0.4) is 0 Å². The molecule has 0 radical (unpaired) electrons. The lowest BCUT2D eigenvalue weighted by Gasteiger charge is -2.33. The fraction of sp³-hybridized carbons (Fsp3) is 0.462. The Morgan fingerprint density at radius 2 is 2.14 bits per heavy atom. The van der Waals surface area contributed by atoms with Gasteiger partial charge >= 0.3 is 0 Å². The normalized spacial score (nSPS) is 20.7. The molecule has 0 bridgehead atoms. The fourth-order valence-electron chi connectivity index (χ4n) is 2.71. The van der Waals surface area contributed by atoms with Gasteiger partial charge in [0.25, 0.3) is 0 Å². The molecule has 8 heteroatoms. The van der Waals surface area contributed by atoms with E-state index in [-0.39, 0.29) is 10.7 Å². The third-order valence-electron chi connectivity index (χ3n) is 3.76. The van der Waals surface area contributed by atoms with E-state index in [1.807, 2.05) is 0 Å². The second-order valence-electron chi connectivity index (χ2n) is 5.13. The van der Waals surface area contributed by atoms with Crippen LogP contribution in [0.15, 0.2) is 23.1 Å². The number of benzene rings is 1. The first-order valence-corrected chi connectivity index (χ1v) is 8.92. The first-order valence-electron chi connectivity index (χ1n) is 6.75. The summed E-state index contributed by atoms with van der Waals surface area (Å²) in [4.78, 5) is 11.9. The van der Waals surface area contributed by atoms with Crippen LogP contribution in [0.25, 0.3) is 11.0 Å². The van der Waals surface area contributed by atoms with Gasteiger partial charge in [-0.25, -0.2) is 8.42 Å². The molecule has 1 unspecified atom stereocenters.